The van der Waals surface area contributed by atoms with Gasteiger partial charge in [0.15, 0.2) is 11.5 Å². The van der Waals surface area contributed by atoms with Gasteiger partial charge in [-0.3, -0.25) is 4.79 Å². The Balaban J connectivity index is 2.23. The fraction of sp³-hybridized carbons (Fsp3) is 0.588. The van der Waals surface area contributed by atoms with E-state index >= 15 is 0 Å². The number of unbranched alkanes of at least 4 members (excludes halogenated alkanes) is 1. The van der Waals surface area contributed by atoms with Crippen LogP contribution < -0.4 is 9.47 Å². The number of benzene rings is 1. The van der Waals surface area contributed by atoms with Gasteiger partial charge in [0, 0.05) is 19.0 Å². The number of amides is 1. The second-order valence-electron chi connectivity index (χ2n) is 5.65. The highest BCUT2D eigenvalue weighted by Gasteiger charge is 2.27. The summed E-state index contributed by atoms with van der Waals surface area (Å²) in [4.78, 5) is 14.3. The SMILES string of the molecule is CCCCC(=O)N1Cc2cc(OC)c(OC)cc2CC1C. The van der Waals surface area contributed by atoms with Gasteiger partial charge in [0.2, 0.25) is 5.91 Å². The van der Waals surface area contributed by atoms with Gasteiger partial charge < -0.3 is 14.4 Å². The summed E-state index contributed by atoms with van der Waals surface area (Å²) in [5.74, 6) is 1.74. The van der Waals surface area contributed by atoms with Crippen molar-refractivity contribution in [1.82, 2.24) is 4.90 Å². The molecule has 1 aromatic carbocycles. The third-order valence-electron chi connectivity index (χ3n) is 4.16. The lowest BCUT2D eigenvalue weighted by atomic mass is 9.93. The first kappa shape index (κ1) is 15.7. The van der Waals surface area contributed by atoms with Gasteiger partial charge in [0.25, 0.3) is 0 Å². The van der Waals surface area contributed by atoms with Gasteiger partial charge in [0.1, 0.15) is 0 Å². The van der Waals surface area contributed by atoms with Crippen molar-refractivity contribution in [2.45, 2.75) is 52.1 Å². The first-order chi connectivity index (χ1) is 10.1. The van der Waals surface area contributed by atoms with Gasteiger partial charge in [-0.1, -0.05) is 13.3 Å². The maximum atomic E-state index is 12.3. The molecule has 1 amide bonds. The summed E-state index contributed by atoms with van der Waals surface area (Å²) in [6.45, 7) is 4.89. The number of ether oxygens (including phenoxy) is 2. The van der Waals surface area contributed by atoms with Crippen LogP contribution in [0.1, 0.15) is 44.2 Å². The Hall–Kier alpha value is -1.71. The molecule has 0 saturated carbocycles. The molecule has 0 N–H and O–H groups in total. The van der Waals surface area contributed by atoms with Crippen LogP contribution in [0.2, 0.25) is 0 Å². The predicted octanol–water partition coefficient (Wildman–Crippen LogP) is 3.17. The molecule has 0 bridgehead atoms. The number of methoxy groups -OCH3 is 2. The van der Waals surface area contributed by atoms with E-state index in [9.17, 15) is 4.79 Å². The highest BCUT2D eigenvalue weighted by molar-refractivity contribution is 5.77. The van der Waals surface area contributed by atoms with Crippen molar-refractivity contribution in [1.29, 1.82) is 0 Å². The third-order valence-corrected chi connectivity index (χ3v) is 4.16. The number of carbonyl (C=O) groups is 1. The first-order valence-electron chi connectivity index (χ1n) is 7.63. The number of rotatable bonds is 5. The normalized spacial score (nSPS) is 17.3. The molecule has 0 radical (unpaired) electrons. The summed E-state index contributed by atoms with van der Waals surface area (Å²) in [7, 11) is 3.29. The monoisotopic (exact) mass is 291 g/mol. The zero-order valence-corrected chi connectivity index (χ0v) is 13.4. The molecule has 0 fully saturated rings. The van der Waals surface area contributed by atoms with Crippen molar-refractivity contribution in [2.75, 3.05) is 14.2 Å². The highest BCUT2D eigenvalue weighted by atomic mass is 16.5. The molecule has 116 valence electrons. The molecular formula is C17H25NO3. The van der Waals surface area contributed by atoms with E-state index in [1.54, 1.807) is 14.2 Å². The van der Waals surface area contributed by atoms with Crippen LogP contribution in [-0.4, -0.2) is 31.1 Å². The van der Waals surface area contributed by atoms with Gasteiger partial charge in [0.05, 0.1) is 14.2 Å². The minimum atomic E-state index is 0.236. The summed E-state index contributed by atoms with van der Waals surface area (Å²) < 4.78 is 10.7. The van der Waals surface area contributed by atoms with E-state index in [0.29, 0.717) is 13.0 Å². The molecule has 0 aromatic heterocycles. The summed E-state index contributed by atoms with van der Waals surface area (Å²) in [5, 5.41) is 0. The largest absolute Gasteiger partial charge is 0.493 e. The zero-order valence-electron chi connectivity index (χ0n) is 13.4. The van der Waals surface area contributed by atoms with E-state index in [0.717, 1.165) is 36.3 Å². The lowest BCUT2D eigenvalue weighted by Gasteiger charge is -2.35. The summed E-state index contributed by atoms with van der Waals surface area (Å²) >= 11 is 0. The minimum absolute atomic E-state index is 0.236. The van der Waals surface area contributed by atoms with Crippen molar-refractivity contribution in [3.63, 3.8) is 0 Å². The molecule has 1 aliphatic rings. The topological polar surface area (TPSA) is 38.8 Å². The first-order valence-corrected chi connectivity index (χ1v) is 7.63. The molecule has 4 heteroatoms. The molecule has 0 spiro atoms. The maximum Gasteiger partial charge on any atom is 0.223 e. The standard InChI is InChI=1S/C17H25NO3/c1-5-6-7-17(19)18-11-14-10-16(21-4)15(20-3)9-13(14)8-12(18)2/h9-10,12H,5-8,11H2,1-4H3. The molecule has 1 atom stereocenters. The number of hydrogen-bond donors (Lipinski definition) is 0. The second kappa shape index (κ2) is 6.83. The quantitative estimate of drug-likeness (QED) is 0.836. The minimum Gasteiger partial charge on any atom is -0.493 e. The molecule has 1 aliphatic heterocycles. The van der Waals surface area contributed by atoms with Crippen LogP contribution in [0.4, 0.5) is 0 Å². The highest BCUT2D eigenvalue weighted by Crippen LogP contribution is 2.34. The van der Waals surface area contributed by atoms with E-state index < -0.39 is 0 Å². The van der Waals surface area contributed by atoms with Crippen molar-refractivity contribution in [3.8, 4) is 11.5 Å². The average Bonchev–Trinajstić information content (AvgIpc) is 2.50. The molecule has 1 unspecified atom stereocenters. The fourth-order valence-corrected chi connectivity index (χ4v) is 2.87. The molecule has 2 rings (SSSR count). The van der Waals surface area contributed by atoms with Crippen molar-refractivity contribution >= 4 is 5.91 Å². The number of fused-ring (bicyclic) bond motifs is 1. The van der Waals surface area contributed by atoms with Crippen LogP contribution in [0.5, 0.6) is 11.5 Å². The van der Waals surface area contributed by atoms with E-state index in [1.165, 1.54) is 5.56 Å². The summed E-state index contributed by atoms with van der Waals surface area (Å²) in [6, 6.07) is 4.28. The Morgan fingerprint density at radius 2 is 1.86 bits per heavy atom. The maximum absolute atomic E-state index is 12.3. The van der Waals surface area contributed by atoms with Gasteiger partial charge in [-0.25, -0.2) is 0 Å². The Kier molecular flexibility index (Phi) is 5.10. The molecule has 0 saturated heterocycles. The predicted molar refractivity (Wildman–Crippen MR) is 82.8 cm³/mol. The van der Waals surface area contributed by atoms with Crippen LogP contribution in [0.15, 0.2) is 12.1 Å². The van der Waals surface area contributed by atoms with Crippen LogP contribution in [0, 0.1) is 0 Å². The van der Waals surface area contributed by atoms with Crippen molar-refractivity contribution in [3.05, 3.63) is 23.3 Å². The van der Waals surface area contributed by atoms with Crippen LogP contribution in [-0.2, 0) is 17.8 Å². The lowest BCUT2D eigenvalue weighted by Crippen LogP contribution is -2.42. The Bertz CT molecular complexity index is 513. The number of nitrogens with zero attached hydrogens (tertiary/aromatic N) is 1. The third kappa shape index (κ3) is 3.31. The van der Waals surface area contributed by atoms with E-state index in [1.807, 2.05) is 17.0 Å². The Morgan fingerprint density at radius 1 is 1.24 bits per heavy atom. The van der Waals surface area contributed by atoms with Gasteiger partial charge >= 0.3 is 0 Å². The van der Waals surface area contributed by atoms with Gasteiger partial charge in [-0.05, 0) is 43.0 Å². The van der Waals surface area contributed by atoms with Gasteiger partial charge in [-0.15, -0.1) is 0 Å². The summed E-state index contributed by atoms with van der Waals surface area (Å²) in [6.07, 6.45) is 3.52. The molecule has 1 aromatic rings. The second-order valence-corrected chi connectivity index (χ2v) is 5.65. The average molecular weight is 291 g/mol. The lowest BCUT2D eigenvalue weighted by molar-refractivity contribution is -0.134. The number of hydrogen-bond acceptors (Lipinski definition) is 3. The van der Waals surface area contributed by atoms with E-state index in [4.69, 9.17) is 9.47 Å². The molecule has 4 nitrogen and oxygen atoms in total. The van der Waals surface area contributed by atoms with Crippen molar-refractivity contribution in [2.24, 2.45) is 0 Å². The van der Waals surface area contributed by atoms with Crippen LogP contribution >= 0.6 is 0 Å². The molecule has 21 heavy (non-hydrogen) atoms. The fourth-order valence-electron chi connectivity index (χ4n) is 2.87. The van der Waals surface area contributed by atoms with Crippen LogP contribution in [0.25, 0.3) is 0 Å². The van der Waals surface area contributed by atoms with Crippen molar-refractivity contribution < 1.29 is 14.3 Å². The van der Waals surface area contributed by atoms with Crippen LogP contribution in [0.3, 0.4) is 0 Å². The van der Waals surface area contributed by atoms with Gasteiger partial charge in [-0.2, -0.15) is 0 Å². The van der Waals surface area contributed by atoms with E-state index in [-0.39, 0.29) is 11.9 Å². The van der Waals surface area contributed by atoms with E-state index in [2.05, 4.69) is 13.8 Å². The summed E-state index contributed by atoms with van der Waals surface area (Å²) in [5.41, 5.74) is 2.41. The molecule has 1 heterocycles. The Morgan fingerprint density at radius 3 is 2.43 bits per heavy atom. The smallest absolute Gasteiger partial charge is 0.223 e. The Labute approximate surface area is 127 Å². The molecule has 0 aliphatic carbocycles. The molecular weight excluding hydrogens is 266 g/mol. The zero-order chi connectivity index (χ0) is 15.4. The number of carbonyl (C=O) groups excluding carboxylic acids is 1.